The number of urea groups is 1. The third kappa shape index (κ3) is 3.30. The van der Waals surface area contributed by atoms with Crippen molar-refractivity contribution in [1.29, 1.82) is 0 Å². The second-order valence-electron chi connectivity index (χ2n) is 6.93. The number of hydrogen-bond donors (Lipinski definition) is 1. The van der Waals surface area contributed by atoms with Gasteiger partial charge in [-0.3, -0.25) is 14.9 Å². The molecule has 1 aliphatic heterocycles. The number of nitrogens with zero attached hydrogens (tertiary/aromatic N) is 2. The summed E-state index contributed by atoms with van der Waals surface area (Å²) < 4.78 is 15.2. The van der Waals surface area contributed by atoms with Gasteiger partial charge < -0.3 is 4.57 Å². The van der Waals surface area contributed by atoms with Gasteiger partial charge in [0.25, 0.3) is 11.8 Å². The highest BCUT2D eigenvalue weighted by molar-refractivity contribution is 6.39. The van der Waals surface area contributed by atoms with E-state index in [1.165, 1.54) is 18.2 Å². The zero-order valence-electron chi connectivity index (χ0n) is 16.3. The topological polar surface area (TPSA) is 71.4 Å². The van der Waals surface area contributed by atoms with E-state index in [0.29, 0.717) is 11.3 Å². The van der Waals surface area contributed by atoms with E-state index < -0.39 is 17.8 Å². The third-order valence-corrected chi connectivity index (χ3v) is 4.97. The smallest absolute Gasteiger partial charge is 0.318 e. The number of carbonyl (C=O) groups excluding carboxylic acids is 3. The summed E-state index contributed by atoms with van der Waals surface area (Å²) in [5, 5.41) is 2.22. The highest BCUT2D eigenvalue weighted by Gasteiger charge is 2.36. The van der Waals surface area contributed by atoms with Gasteiger partial charge in [0.1, 0.15) is 11.4 Å². The van der Waals surface area contributed by atoms with E-state index in [4.69, 9.17) is 0 Å². The minimum atomic E-state index is -0.787. The molecule has 0 aliphatic carbocycles. The van der Waals surface area contributed by atoms with E-state index in [1.54, 1.807) is 42.5 Å². The van der Waals surface area contributed by atoms with Gasteiger partial charge in [0.15, 0.2) is 0 Å². The molecule has 0 spiro atoms. The van der Waals surface area contributed by atoms with Crippen LogP contribution in [0.3, 0.4) is 0 Å². The van der Waals surface area contributed by atoms with E-state index in [0.717, 1.165) is 22.0 Å². The maximum absolute atomic E-state index is 13.3. The summed E-state index contributed by atoms with van der Waals surface area (Å²) in [6.07, 6.45) is 1.47. The average Bonchev–Trinajstić information content (AvgIpc) is 3.00. The van der Waals surface area contributed by atoms with Gasteiger partial charge in [0, 0.05) is 17.1 Å². The number of imide groups is 2. The first-order chi connectivity index (χ1) is 14.4. The molecule has 4 rings (SSSR count). The van der Waals surface area contributed by atoms with Crippen LogP contribution in [0, 0.1) is 19.7 Å². The first-order valence-corrected chi connectivity index (χ1v) is 9.28. The number of rotatable bonds is 3. The van der Waals surface area contributed by atoms with Crippen LogP contribution in [-0.4, -0.2) is 22.4 Å². The first-order valence-electron chi connectivity index (χ1n) is 9.28. The number of aromatic nitrogens is 1. The van der Waals surface area contributed by atoms with Gasteiger partial charge in [-0.2, -0.15) is 0 Å². The number of aryl methyl sites for hydroxylation is 1. The number of para-hydroxylation sites is 1. The Labute approximate surface area is 172 Å². The Balaban J connectivity index is 1.76. The van der Waals surface area contributed by atoms with Crippen molar-refractivity contribution in [2.45, 2.75) is 13.8 Å². The second-order valence-corrected chi connectivity index (χ2v) is 6.93. The van der Waals surface area contributed by atoms with E-state index in [9.17, 15) is 18.8 Å². The maximum Gasteiger partial charge on any atom is 0.335 e. The maximum atomic E-state index is 13.3. The molecular weight excluding hydrogens is 385 g/mol. The number of barbiturate groups is 1. The summed E-state index contributed by atoms with van der Waals surface area (Å²) in [5.41, 5.74) is 3.27. The lowest BCUT2D eigenvalue weighted by Crippen LogP contribution is -2.54. The lowest BCUT2D eigenvalue weighted by atomic mass is 10.1. The van der Waals surface area contributed by atoms with E-state index in [-0.39, 0.29) is 11.4 Å². The highest BCUT2D eigenvalue weighted by atomic mass is 19.1. The molecule has 1 aromatic heterocycles. The molecule has 3 aromatic rings. The zero-order valence-corrected chi connectivity index (χ0v) is 16.3. The summed E-state index contributed by atoms with van der Waals surface area (Å²) in [4.78, 5) is 38.6. The summed E-state index contributed by atoms with van der Waals surface area (Å²) in [6.45, 7) is 3.72. The Morgan fingerprint density at radius 1 is 0.900 bits per heavy atom. The lowest BCUT2D eigenvalue weighted by Gasteiger charge is -2.26. The molecule has 4 amide bonds. The van der Waals surface area contributed by atoms with Crippen molar-refractivity contribution < 1.29 is 18.8 Å². The molecule has 0 radical (unpaired) electrons. The van der Waals surface area contributed by atoms with Crippen LogP contribution in [0.1, 0.15) is 17.0 Å². The SMILES string of the molecule is Cc1cc(/C=C2/C(=O)NC(=O)N(c3ccccc3)C2=O)c(C)n1-c1ccc(F)cc1. The number of amides is 4. The third-order valence-electron chi connectivity index (χ3n) is 4.97. The summed E-state index contributed by atoms with van der Waals surface area (Å²) in [7, 11) is 0. The molecule has 1 saturated heterocycles. The molecule has 1 fully saturated rings. The fraction of sp³-hybridized carbons (Fsp3) is 0.0870. The van der Waals surface area contributed by atoms with Crippen LogP contribution in [0.4, 0.5) is 14.9 Å². The average molecular weight is 403 g/mol. The predicted molar refractivity (Wildman–Crippen MR) is 111 cm³/mol. The van der Waals surface area contributed by atoms with Gasteiger partial charge in [0.05, 0.1) is 5.69 Å². The normalized spacial score (nSPS) is 15.6. The van der Waals surface area contributed by atoms with Gasteiger partial charge in [-0.1, -0.05) is 18.2 Å². The highest BCUT2D eigenvalue weighted by Crippen LogP contribution is 2.26. The number of carbonyl (C=O) groups is 3. The predicted octanol–water partition coefficient (Wildman–Crippen LogP) is 3.90. The van der Waals surface area contributed by atoms with Gasteiger partial charge in [0.2, 0.25) is 0 Å². The van der Waals surface area contributed by atoms with Crippen molar-refractivity contribution in [1.82, 2.24) is 9.88 Å². The monoisotopic (exact) mass is 403 g/mol. The van der Waals surface area contributed by atoms with Crippen molar-refractivity contribution in [3.8, 4) is 5.69 Å². The largest absolute Gasteiger partial charge is 0.335 e. The molecule has 2 aromatic carbocycles. The van der Waals surface area contributed by atoms with E-state index in [1.807, 2.05) is 24.5 Å². The molecule has 150 valence electrons. The van der Waals surface area contributed by atoms with Crippen molar-refractivity contribution in [3.05, 3.63) is 89.0 Å². The molecule has 0 bridgehead atoms. The van der Waals surface area contributed by atoms with Crippen LogP contribution >= 0.6 is 0 Å². The lowest BCUT2D eigenvalue weighted by molar-refractivity contribution is -0.122. The second kappa shape index (κ2) is 7.44. The molecule has 0 saturated carbocycles. The fourth-order valence-corrected chi connectivity index (χ4v) is 3.55. The number of benzene rings is 2. The number of halogens is 1. The number of nitrogens with one attached hydrogen (secondary N) is 1. The molecule has 1 N–H and O–H groups in total. The molecule has 2 heterocycles. The van der Waals surface area contributed by atoms with Crippen molar-refractivity contribution in [2.24, 2.45) is 0 Å². The van der Waals surface area contributed by atoms with Crippen LogP contribution in [0.2, 0.25) is 0 Å². The molecular formula is C23H18FN3O3. The molecule has 6 nitrogen and oxygen atoms in total. The fourth-order valence-electron chi connectivity index (χ4n) is 3.55. The van der Waals surface area contributed by atoms with Crippen LogP contribution in [0.25, 0.3) is 11.8 Å². The molecule has 1 aliphatic rings. The van der Waals surface area contributed by atoms with Crippen LogP contribution in [0.5, 0.6) is 0 Å². The van der Waals surface area contributed by atoms with E-state index in [2.05, 4.69) is 5.32 Å². The first kappa shape index (κ1) is 19.3. The Bertz CT molecular complexity index is 1190. The zero-order chi connectivity index (χ0) is 21.4. The Hall–Kier alpha value is -4.00. The minimum absolute atomic E-state index is 0.141. The van der Waals surface area contributed by atoms with Gasteiger partial charge >= 0.3 is 6.03 Å². The van der Waals surface area contributed by atoms with Crippen LogP contribution < -0.4 is 10.2 Å². The van der Waals surface area contributed by atoms with Crippen molar-refractivity contribution >= 4 is 29.6 Å². The van der Waals surface area contributed by atoms with Gasteiger partial charge in [-0.05, 0) is 68.0 Å². The van der Waals surface area contributed by atoms with Gasteiger partial charge in [-0.15, -0.1) is 0 Å². The quantitative estimate of drug-likeness (QED) is 0.533. The van der Waals surface area contributed by atoms with Crippen molar-refractivity contribution in [2.75, 3.05) is 4.90 Å². The molecule has 0 unspecified atom stereocenters. The molecule has 7 heteroatoms. The van der Waals surface area contributed by atoms with Gasteiger partial charge in [-0.25, -0.2) is 14.1 Å². The molecule has 0 atom stereocenters. The Kier molecular flexibility index (Phi) is 4.79. The molecule has 30 heavy (non-hydrogen) atoms. The van der Waals surface area contributed by atoms with Crippen LogP contribution in [0.15, 0.2) is 66.2 Å². The number of hydrogen-bond acceptors (Lipinski definition) is 3. The summed E-state index contributed by atoms with van der Waals surface area (Å²) in [6, 6.07) is 15.5. The number of anilines is 1. The minimum Gasteiger partial charge on any atom is -0.318 e. The Morgan fingerprint density at radius 3 is 2.23 bits per heavy atom. The standard InChI is InChI=1S/C23H18FN3O3/c1-14-12-16(15(2)26(14)19-10-8-17(24)9-11-19)13-20-21(28)25-23(30)27(22(20)29)18-6-4-3-5-7-18/h3-13H,1-2H3,(H,25,28,30)/b20-13-. The summed E-state index contributed by atoms with van der Waals surface area (Å²) in [5.74, 6) is -1.77. The summed E-state index contributed by atoms with van der Waals surface area (Å²) >= 11 is 0. The van der Waals surface area contributed by atoms with Crippen molar-refractivity contribution in [3.63, 3.8) is 0 Å². The Morgan fingerprint density at radius 2 is 1.57 bits per heavy atom. The van der Waals surface area contributed by atoms with Crippen LogP contribution in [-0.2, 0) is 9.59 Å². The van der Waals surface area contributed by atoms with E-state index >= 15 is 0 Å².